The Bertz CT molecular complexity index is 932. The van der Waals surface area contributed by atoms with Crippen molar-refractivity contribution in [3.8, 4) is 5.75 Å². The Morgan fingerprint density at radius 2 is 1.68 bits per heavy atom. The highest BCUT2D eigenvalue weighted by molar-refractivity contribution is 7.92. The molecule has 0 aliphatic carbocycles. The predicted molar refractivity (Wildman–Crippen MR) is 87.6 cm³/mol. The Kier molecular flexibility index (Phi) is 3.50. The van der Waals surface area contributed by atoms with Crippen molar-refractivity contribution in [2.45, 2.75) is 11.8 Å². The van der Waals surface area contributed by atoms with E-state index in [1.54, 1.807) is 48.5 Å². The zero-order valence-electron chi connectivity index (χ0n) is 11.9. The van der Waals surface area contributed by atoms with Crippen molar-refractivity contribution >= 4 is 26.5 Å². The summed E-state index contributed by atoms with van der Waals surface area (Å²) in [5.41, 5.74) is 1.48. The van der Waals surface area contributed by atoms with E-state index in [9.17, 15) is 13.5 Å². The van der Waals surface area contributed by atoms with Crippen LogP contribution in [-0.4, -0.2) is 13.5 Å². The fourth-order valence-corrected chi connectivity index (χ4v) is 3.36. The molecular weight excluding hydrogens is 298 g/mol. The third kappa shape index (κ3) is 2.76. The minimum atomic E-state index is -3.64. The fourth-order valence-electron chi connectivity index (χ4n) is 2.28. The highest BCUT2D eigenvalue weighted by Gasteiger charge is 2.15. The molecule has 22 heavy (non-hydrogen) atoms. The second-order valence-corrected chi connectivity index (χ2v) is 6.81. The number of sulfonamides is 1. The van der Waals surface area contributed by atoms with Crippen LogP contribution in [0.2, 0.25) is 0 Å². The second-order valence-electron chi connectivity index (χ2n) is 5.13. The molecule has 0 saturated carbocycles. The van der Waals surface area contributed by atoms with E-state index in [0.717, 1.165) is 16.3 Å². The molecule has 5 heteroatoms. The van der Waals surface area contributed by atoms with Crippen LogP contribution in [0.1, 0.15) is 5.56 Å². The van der Waals surface area contributed by atoms with Gasteiger partial charge in [0.05, 0.1) is 10.6 Å². The van der Waals surface area contributed by atoms with Gasteiger partial charge in [0.25, 0.3) is 10.0 Å². The third-order valence-corrected chi connectivity index (χ3v) is 4.82. The second kappa shape index (κ2) is 5.35. The summed E-state index contributed by atoms with van der Waals surface area (Å²) in [7, 11) is -3.64. The van der Waals surface area contributed by atoms with E-state index >= 15 is 0 Å². The lowest BCUT2D eigenvalue weighted by atomic mass is 10.1. The molecule has 3 rings (SSSR count). The van der Waals surface area contributed by atoms with Crippen LogP contribution in [0.3, 0.4) is 0 Å². The Labute approximate surface area is 129 Å². The van der Waals surface area contributed by atoms with Crippen molar-refractivity contribution in [3.05, 3.63) is 66.2 Å². The highest BCUT2D eigenvalue weighted by Crippen LogP contribution is 2.28. The normalized spacial score (nSPS) is 11.5. The molecule has 0 heterocycles. The van der Waals surface area contributed by atoms with Gasteiger partial charge in [-0.1, -0.05) is 29.8 Å². The minimum Gasteiger partial charge on any atom is -0.508 e. The zero-order chi connectivity index (χ0) is 15.7. The van der Waals surface area contributed by atoms with Crippen LogP contribution >= 0.6 is 0 Å². The molecule has 0 saturated heterocycles. The molecule has 0 amide bonds. The van der Waals surface area contributed by atoms with Gasteiger partial charge in [-0.05, 0) is 48.7 Å². The Morgan fingerprint density at radius 3 is 2.41 bits per heavy atom. The molecule has 0 unspecified atom stereocenters. The van der Waals surface area contributed by atoms with Gasteiger partial charge in [0.2, 0.25) is 0 Å². The molecular formula is C17H15NO3S. The summed E-state index contributed by atoms with van der Waals surface area (Å²) in [6, 6.07) is 16.8. The number of anilines is 1. The number of nitrogens with one attached hydrogen (secondary N) is 1. The Balaban J connectivity index is 2.04. The minimum absolute atomic E-state index is 0.144. The summed E-state index contributed by atoms with van der Waals surface area (Å²) in [4.78, 5) is 0.217. The van der Waals surface area contributed by atoms with Crippen molar-refractivity contribution in [3.63, 3.8) is 0 Å². The number of aryl methyl sites for hydroxylation is 1. The maximum Gasteiger partial charge on any atom is 0.261 e. The average Bonchev–Trinajstić information content (AvgIpc) is 2.47. The summed E-state index contributed by atoms with van der Waals surface area (Å²) in [6.45, 7) is 1.90. The molecule has 0 atom stereocenters. The van der Waals surface area contributed by atoms with Gasteiger partial charge in [0.1, 0.15) is 5.75 Å². The van der Waals surface area contributed by atoms with E-state index in [-0.39, 0.29) is 10.6 Å². The summed E-state index contributed by atoms with van der Waals surface area (Å²) in [6.07, 6.45) is 0. The number of benzene rings is 3. The molecule has 0 aliphatic rings. The molecule has 3 aromatic carbocycles. The maximum absolute atomic E-state index is 12.5. The largest absolute Gasteiger partial charge is 0.508 e. The number of fused-ring (bicyclic) bond motifs is 1. The van der Waals surface area contributed by atoms with Gasteiger partial charge < -0.3 is 5.11 Å². The summed E-state index contributed by atoms with van der Waals surface area (Å²) in [5.74, 6) is 0.144. The molecule has 3 aromatic rings. The van der Waals surface area contributed by atoms with E-state index < -0.39 is 10.0 Å². The van der Waals surface area contributed by atoms with Crippen LogP contribution in [0, 0.1) is 6.92 Å². The van der Waals surface area contributed by atoms with Gasteiger partial charge in [0.15, 0.2) is 0 Å². The van der Waals surface area contributed by atoms with Crippen LogP contribution in [0.5, 0.6) is 5.75 Å². The van der Waals surface area contributed by atoms with Gasteiger partial charge in [-0.3, -0.25) is 4.72 Å². The fraction of sp³-hybridized carbons (Fsp3) is 0.0588. The number of aromatic hydroxyl groups is 1. The molecule has 0 spiro atoms. The topological polar surface area (TPSA) is 66.4 Å². The molecule has 0 aromatic heterocycles. The van der Waals surface area contributed by atoms with Gasteiger partial charge in [-0.2, -0.15) is 0 Å². The standard InChI is InChI=1S/C17H15NO3S/c1-12-5-8-15(9-6-12)22(20,21)18-17-4-2-3-13-11-14(19)7-10-16(13)17/h2-11,18-19H,1H3. The first-order chi connectivity index (χ1) is 10.5. The Morgan fingerprint density at radius 1 is 0.955 bits per heavy atom. The number of hydrogen-bond acceptors (Lipinski definition) is 3. The van der Waals surface area contributed by atoms with Gasteiger partial charge >= 0.3 is 0 Å². The highest BCUT2D eigenvalue weighted by atomic mass is 32.2. The van der Waals surface area contributed by atoms with E-state index in [1.165, 1.54) is 6.07 Å². The van der Waals surface area contributed by atoms with Gasteiger partial charge in [-0.15, -0.1) is 0 Å². The first kappa shape index (κ1) is 14.4. The number of rotatable bonds is 3. The van der Waals surface area contributed by atoms with Crippen LogP contribution in [0.25, 0.3) is 10.8 Å². The monoisotopic (exact) mass is 313 g/mol. The van der Waals surface area contributed by atoms with E-state index in [2.05, 4.69) is 4.72 Å². The zero-order valence-corrected chi connectivity index (χ0v) is 12.8. The molecule has 0 fully saturated rings. The molecule has 0 aliphatic heterocycles. The molecule has 0 radical (unpaired) electrons. The van der Waals surface area contributed by atoms with Crippen LogP contribution in [0.4, 0.5) is 5.69 Å². The first-order valence-corrected chi connectivity index (χ1v) is 8.25. The maximum atomic E-state index is 12.5. The first-order valence-electron chi connectivity index (χ1n) is 6.77. The van der Waals surface area contributed by atoms with Crippen molar-refractivity contribution in [1.82, 2.24) is 0 Å². The van der Waals surface area contributed by atoms with Crippen molar-refractivity contribution < 1.29 is 13.5 Å². The van der Waals surface area contributed by atoms with Crippen molar-refractivity contribution in [2.75, 3.05) is 4.72 Å². The lowest BCUT2D eigenvalue weighted by molar-refractivity contribution is 0.476. The predicted octanol–water partition coefficient (Wildman–Crippen LogP) is 3.65. The number of hydrogen-bond donors (Lipinski definition) is 2. The number of phenolic OH excluding ortho intramolecular Hbond substituents is 1. The van der Waals surface area contributed by atoms with Crippen molar-refractivity contribution in [2.24, 2.45) is 0 Å². The lowest BCUT2D eigenvalue weighted by Gasteiger charge is -2.11. The summed E-state index contributed by atoms with van der Waals surface area (Å²) >= 11 is 0. The van der Waals surface area contributed by atoms with E-state index in [1.807, 2.05) is 13.0 Å². The lowest BCUT2D eigenvalue weighted by Crippen LogP contribution is -2.13. The van der Waals surface area contributed by atoms with Crippen LogP contribution < -0.4 is 4.72 Å². The smallest absolute Gasteiger partial charge is 0.261 e. The van der Waals surface area contributed by atoms with Crippen molar-refractivity contribution in [1.29, 1.82) is 0 Å². The van der Waals surface area contributed by atoms with Crippen LogP contribution in [-0.2, 0) is 10.0 Å². The Hall–Kier alpha value is -2.53. The third-order valence-electron chi connectivity index (χ3n) is 3.44. The average molecular weight is 313 g/mol. The molecule has 0 bridgehead atoms. The van der Waals surface area contributed by atoms with Gasteiger partial charge in [-0.25, -0.2) is 8.42 Å². The summed E-state index contributed by atoms with van der Waals surface area (Å²) < 4.78 is 27.5. The molecule has 112 valence electrons. The van der Waals surface area contributed by atoms with E-state index in [4.69, 9.17) is 0 Å². The molecule has 4 nitrogen and oxygen atoms in total. The molecule has 2 N–H and O–H groups in total. The SMILES string of the molecule is Cc1ccc(S(=O)(=O)Nc2cccc3cc(O)ccc23)cc1. The van der Waals surface area contributed by atoms with Gasteiger partial charge in [0, 0.05) is 5.39 Å². The quantitative estimate of drug-likeness (QED) is 0.775. The van der Waals surface area contributed by atoms with Crippen LogP contribution in [0.15, 0.2) is 65.6 Å². The summed E-state index contributed by atoms with van der Waals surface area (Å²) in [5, 5.41) is 11.0. The number of phenols is 1. The van der Waals surface area contributed by atoms with E-state index in [0.29, 0.717) is 5.69 Å².